The van der Waals surface area contributed by atoms with Crippen molar-refractivity contribution in [1.29, 1.82) is 0 Å². The van der Waals surface area contributed by atoms with E-state index in [2.05, 4.69) is 6.08 Å². The van der Waals surface area contributed by atoms with Crippen molar-refractivity contribution >= 4 is 11.6 Å². The maximum Gasteiger partial charge on any atom is 0.256 e. The lowest BCUT2D eigenvalue weighted by molar-refractivity contribution is 0.0766. The molecule has 0 fully saturated rings. The van der Waals surface area contributed by atoms with Crippen LogP contribution in [0.5, 0.6) is 0 Å². The van der Waals surface area contributed by atoms with Gasteiger partial charge in [-0.25, -0.2) is 8.78 Å². The van der Waals surface area contributed by atoms with E-state index in [0.717, 1.165) is 24.1 Å². The number of amides is 1. The lowest BCUT2D eigenvalue weighted by Gasteiger charge is -2.26. The second-order valence-electron chi connectivity index (χ2n) is 4.42. The number of carbonyl (C=O) groups is 1. The summed E-state index contributed by atoms with van der Waals surface area (Å²) in [6, 6.07) is 1.70. The van der Waals surface area contributed by atoms with Gasteiger partial charge in [-0.15, -0.1) is 0 Å². The molecule has 0 saturated heterocycles. The number of benzene rings is 1. The zero-order valence-electron chi connectivity index (χ0n) is 10.0. The number of rotatable bonds is 1. The molecule has 0 atom stereocenters. The molecule has 0 aliphatic carbocycles. The molecular weight excluding hydrogens is 238 g/mol. The first kappa shape index (κ1) is 12.5. The monoisotopic (exact) mass is 252 g/mol. The molecule has 0 unspecified atom stereocenters. The lowest BCUT2D eigenvalue weighted by atomic mass is 10.1. The third kappa shape index (κ3) is 2.34. The van der Waals surface area contributed by atoms with E-state index in [-0.39, 0.29) is 17.2 Å². The molecular formula is C13H14F2N2O. The summed E-state index contributed by atoms with van der Waals surface area (Å²) in [5, 5.41) is 0. The van der Waals surface area contributed by atoms with Crippen molar-refractivity contribution < 1.29 is 13.6 Å². The minimum atomic E-state index is -1.06. The molecule has 18 heavy (non-hydrogen) atoms. The Morgan fingerprint density at radius 2 is 2.00 bits per heavy atom. The SMILES string of the molecule is CC1=CCCN(C(=O)c2cc(F)c(F)cc2N)C1. The maximum atomic E-state index is 13.2. The fourth-order valence-electron chi connectivity index (χ4n) is 2.00. The Bertz CT molecular complexity index is 526. The quantitative estimate of drug-likeness (QED) is 0.616. The maximum absolute atomic E-state index is 13.2. The molecule has 0 saturated carbocycles. The first-order chi connectivity index (χ1) is 8.49. The lowest BCUT2D eigenvalue weighted by Crippen LogP contribution is -2.35. The van der Waals surface area contributed by atoms with E-state index < -0.39 is 11.6 Å². The Hall–Kier alpha value is -1.91. The molecule has 0 bridgehead atoms. The highest BCUT2D eigenvalue weighted by atomic mass is 19.2. The van der Waals surface area contributed by atoms with E-state index in [1.807, 2.05) is 6.92 Å². The zero-order valence-corrected chi connectivity index (χ0v) is 10.0. The Morgan fingerprint density at radius 1 is 1.33 bits per heavy atom. The number of nitrogens with zero attached hydrogens (tertiary/aromatic N) is 1. The largest absolute Gasteiger partial charge is 0.398 e. The van der Waals surface area contributed by atoms with E-state index in [0.29, 0.717) is 13.1 Å². The van der Waals surface area contributed by atoms with Gasteiger partial charge < -0.3 is 10.6 Å². The fraction of sp³-hybridized carbons (Fsp3) is 0.308. The number of carbonyl (C=O) groups excluding carboxylic acids is 1. The molecule has 0 aromatic heterocycles. The van der Waals surface area contributed by atoms with E-state index in [9.17, 15) is 13.6 Å². The van der Waals surface area contributed by atoms with Crippen LogP contribution >= 0.6 is 0 Å². The van der Waals surface area contributed by atoms with Crippen molar-refractivity contribution in [3.05, 3.63) is 41.0 Å². The van der Waals surface area contributed by atoms with Gasteiger partial charge in [0.05, 0.1) is 5.56 Å². The molecule has 0 radical (unpaired) electrons. The summed E-state index contributed by atoms with van der Waals surface area (Å²) in [6.07, 6.45) is 2.82. The molecule has 2 N–H and O–H groups in total. The van der Waals surface area contributed by atoms with Gasteiger partial charge >= 0.3 is 0 Å². The van der Waals surface area contributed by atoms with Crippen LogP contribution in [-0.2, 0) is 0 Å². The topological polar surface area (TPSA) is 46.3 Å². The van der Waals surface area contributed by atoms with Gasteiger partial charge in [0.1, 0.15) is 0 Å². The van der Waals surface area contributed by atoms with Gasteiger partial charge in [-0.3, -0.25) is 4.79 Å². The Kier molecular flexibility index (Phi) is 3.32. The van der Waals surface area contributed by atoms with Crippen LogP contribution in [0.15, 0.2) is 23.8 Å². The van der Waals surface area contributed by atoms with Gasteiger partial charge in [0.15, 0.2) is 11.6 Å². The first-order valence-corrected chi connectivity index (χ1v) is 5.68. The Labute approximate surface area is 104 Å². The van der Waals surface area contributed by atoms with Crippen molar-refractivity contribution in [2.75, 3.05) is 18.8 Å². The third-order valence-electron chi connectivity index (χ3n) is 2.94. The molecule has 2 rings (SSSR count). The van der Waals surface area contributed by atoms with Gasteiger partial charge in [-0.2, -0.15) is 0 Å². The normalized spacial score (nSPS) is 15.5. The number of nitrogen functional groups attached to an aromatic ring is 1. The molecule has 0 spiro atoms. The molecule has 1 aliphatic heterocycles. The predicted molar refractivity (Wildman–Crippen MR) is 65.0 cm³/mol. The summed E-state index contributed by atoms with van der Waals surface area (Å²) in [7, 11) is 0. The summed E-state index contributed by atoms with van der Waals surface area (Å²) in [5.41, 5.74) is 6.62. The summed E-state index contributed by atoms with van der Waals surface area (Å²) in [5.74, 6) is -2.46. The minimum Gasteiger partial charge on any atom is -0.398 e. The second kappa shape index (κ2) is 4.76. The van der Waals surface area contributed by atoms with Crippen LogP contribution in [-0.4, -0.2) is 23.9 Å². The van der Waals surface area contributed by atoms with Crippen LogP contribution in [0.4, 0.5) is 14.5 Å². The summed E-state index contributed by atoms with van der Waals surface area (Å²) >= 11 is 0. The van der Waals surface area contributed by atoms with Gasteiger partial charge in [0, 0.05) is 24.8 Å². The number of hydrogen-bond acceptors (Lipinski definition) is 2. The molecule has 1 aromatic rings. The average molecular weight is 252 g/mol. The van der Waals surface area contributed by atoms with Gasteiger partial charge in [0.25, 0.3) is 5.91 Å². The van der Waals surface area contributed by atoms with Crippen molar-refractivity contribution in [2.24, 2.45) is 0 Å². The third-order valence-corrected chi connectivity index (χ3v) is 2.94. The van der Waals surface area contributed by atoms with Crippen molar-refractivity contribution in [1.82, 2.24) is 4.90 Å². The molecule has 5 heteroatoms. The molecule has 1 aliphatic rings. The highest BCUT2D eigenvalue weighted by molar-refractivity contribution is 5.99. The predicted octanol–water partition coefficient (Wildman–Crippen LogP) is 2.34. The van der Waals surface area contributed by atoms with Gasteiger partial charge in [-0.1, -0.05) is 11.6 Å². The van der Waals surface area contributed by atoms with E-state index in [1.54, 1.807) is 4.90 Å². The summed E-state index contributed by atoms with van der Waals surface area (Å²) in [4.78, 5) is 13.7. The zero-order chi connectivity index (χ0) is 13.3. The highest BCUT2D eigenvalue weighted by Gasteiger charge is 2.21. The Balaban J connectivity index is 2.29. The minimum absolute atomic E-state index is 0.0172. The first-order valence-electron chi connectivity index (χ1n) is 5.68. The van der Waals surface area contributed by atoms with Crippen LogP contribution in [0.25, 0.3) is 0 Å². The van der Waals surface area contributed by atoms with Crippen molar-refractivity contribution in [3.63, 3.8) is 0 Å². The number of anilines is 1. The van der Waals surface area contributed by atoms with Crippen LogP contribution in [0.3, 0.4) is 0 Å². The second-order valence-corrected chi connectivity index (χ2v) is 4.42. The molecule has 1 heterocycles. The summed E-state index contributed by atoms with van der Waals surface area (Å²) < 4.78 is 26.1. The molecule has 96 valence electrons. The smallest absolute Gasteiger partial charge is 0.256 e. The average Bonchev–Trinajstić information content (AvgIpc) is 2.33. The van der Waals surface area contributed by atoms with E-state index in [1.165, 1.54) is 0 Å². The number of nitrogens with two attached hydrogens (primary N) is 1. The number of halogens is 2. The van der Waals surface area contributed by atoms with Crippen LogP contribution in [0.1, 0.15) is 23.7 Å². The van der Waals surface area contributed by atoms with Gasteiger partial charge in [-0.05, 0) is 19.4 Å². The standard InChI is InChI=1S/C13H14F2N2O/c1-8-3-2-4-17(7-8)13(18)9-5-10(14)11(15)6-12(9)16/h3,5-6H,2,4,7,16H2,1H3. The van der Waals surface area contributed by atoms with Crippen LogP contribution in [0.2, 0.25) is 0 Å². The van der Waals surface area contributed by atoms with E-state index in [4.69, 9.17) is 5.73 Å². The highest BCUT2D eigenvalue weighted by Crippen LogP contribution is 2.20. The molecule has 1 amide bonds. The molecule has 3 nitrogen and oxygen atoms in total. The summed E-state index contributed by atoms with van der Waals surface area (Å²) in [6.45, 7) is 2.99. The van der Waals surface area contributed by atoms with E-state index >= 15 is 0 Å². The van der Waals surface area contributed by atoms with Crippen LogP contribution < -0.4 is 5.73 Å². The van der Waals surface area contributed by atoms with Crippen LogP contribution in [0, 0.1) is 11.6 Å². The molecule has 1 aromatic carbocycles. The van der Waals surface area contributed by atoms with Gasteiger partial charge in [0.2, 0.25) is 0 Å². The van der Waals surface area contributed by atoms with Crippen molar-refractivity contribution in [2.45, 2.75) is 13.3 Å². The fourth-order valence-corrected chi connectivity index (χ4v) is 2.00. The number of hydrogen-bond donors (Lipinski definition) is 1. The van der Waals surface area contributed by atoms with Crippen molar-refractivity contribution in [3.8, 4) is 0 Å². The Morgan fingerprint density at radius 3 is 2.67 bits per heavy atom.